The minimum absolute atomic E-state index is 0.640. The van der Waals surface area contributed by atoms with Crippen LogP contribution in [0.4, 0.5) is 0 Å². The van der Waals surface area contributed by atoms with Gasteiger partial charge in [0.1, 0.15) is 5.03 Å². The molecule has 0 bridgehead atoms. The highest BCUT2D eigenvalue weighted by molar-refractivity contribution is 7.99. The molecule has 2 N–H and O–H groups in total. The summed E-state index contributed by atoms with van der Waals surface area (Å²) in [5.41, 5.74) is 7.92. The standard InChI is InChI=1S/C11H17N5S/c1-8-9(4-5-12)10(16(3)14-8)17-11-13-6-7-15(11)2/h6-7H,4-5,12H2,1-3H3. The van der Waals surface area contributed by atoms with Crippen molar-refractivity contribution in [3.8, 4) is 0 Å². The minimum Gasteiger partial charge on any atom is -0.330 e. The van der Waals surface area contributed by atoms with Gasteiger partial charge in [0, 0.05) is 32.1 Å². The van der Waals surface area contributed by atoms with Crippen molar-refractivity contribution in [1.82, 2.24) is 19.3 Å². The van der Waals surface area contributed by atoms with Crippen molar-refractivity contribution in [3.05, 3.63) is 23.7 Å². The van der Waals surface area contributed by atoms with E-state index in [1.165, 1.54) is 5.56 Å². The van der Waals surface area contributed by atoms with Crippen LogP contribution in [-0.2, 0) is 20.5 Å². The van der Waals surface area contributed by atoms with Crippen LogP contribution in [0.3, 0.4) is 0 Å². The van der Waals surface area contributed by atoms with Crippen molar-refractivity contribution in [2.75, 3.05) is 6.54 Å². The first-order valence-electron chi connectivity index (χ1n) is 5.51. The van der Waals surface area contributed by atoms with Crippen LogP contribution in [-0.4, -0.2) is 25.9 Å². The molecule has 17 heavy (non-hydrogen) atoms. The number of nitrogens with two attached hydrogens (primary N) is 1. The topological polar surface area (TPSA) is 61.7 Å². The number of nitrogens with zero attached hydrogens (tertiary/aromatic N) is 4. The Kier molecular flexibility index (Phi) is 3.54. The van der Waals surface area contributed by atoms with Crippen LogP contribution in [0.25, 0.3) is 0 Å². The Morgan fingerprint density at radius 1 is 1.41 bits per heavy atom. The highest BCUT2D eigenvalue weighted by atomic mass is 32.2. The van der Waals surface area contributed by atoms with Gasteiger partial charge in [0.15, 0.2) is 5.16 Å². The number of imidazole rings is 1. The molecule has 0 aromatic carbocycles. The molecular formula is C11H17N5S. The van der Waals surface area contributed by atoms with Gasteiger partial charge in [0.05, 0.1) is 5.69 Å². The monoisotopic (exact) mass is 251 g/mol. The Bertz CT molecular complexity index is 514. The zero-order valence-corrected chi connectivity index (χ0v) is 11.2. The normalized spacial score (nSPS) is 11.1. The second kappa shape index (κ2) is 4.93. The summed E-state index contributed by atoms with van der Waals surface area (Å²) in [6.07, 6.45) is 4.59. The van der Waals surface area contributed by atoms with Gasteiger partial charge in [-0.25, -0.2) is 4.98 Å². The third-order valence-corrected chi connectivity index (χ3v) is 3.93. The summed E-state index contributed by atoms with van der Waals surface area (Å²) in [5, 5.41) is 6.53. The van der Waals surface area contributed by atoms with Crippen LogP contribution in [0, 0.1) is 6.92 Å². The molecule has 2 heterocycles. The molecule has 0 radical (unpaired) electrons. The van der Waals surface area contributed by atoms with Crippen LogP contribution in [0.2, 0.25) is 0 Å². The zero-order chi connectivity index (χ0) is 12.4. The molecule has 5 nitrogen and oxygen atoms in total. The number of hydrogen-bond donors (Lipinski definition) is 1. The molecule has 92 valence electrons. The molecule has 0 saturated heterocycles. The van der Waals surface area contributed by atoms with Crippen molar-refractivity contribution in [1.29, 1.82) is 0 Å². The molecule has 0 amide bonds. The number of rotatable bonds is 4. The van der Waals surface area contributed by atoms with Crippen molar-refractivity contribution in [3.63, 3.8) is 0 Å². The van der Waals surface area contributed by atoms with Gasteiger partial charge in [-0.05, 0) is 31.7 Å². The lowest BCUT2D eigenvalue weighted by Gasteiger charge is -2.05. The van der Waals surface area contributed by atoms with E-state index in [2.05, 4.69) is 10.1 Å². The smallest absolute Gasteiger partial charge is 0.174 e. The van der Waals surface area contributed by atoms with Gasteiger partial charge in [-0.3, -0.25) is 4.68 Å². The maximum absolute atomic E-state index is 5.64. The summed E-state index contributed by atoms with van der Waals surface area (Å²) >= 11 is 1.63. The van der Waals surface area contributed by atoms with Crippen molar-refractivity contribution in [2.45, 2.75) is 23.5 Å². The summed E-state index contributed by atoms with van der Waals surface area (Å²) in [6, 6.07) is 0. The van der Waals surface area contributed by atoms with Gasteiger partial charge in [-0.15, -0.1) is 0 Å². The molecule has 0 aliphatic carbocycles. The van der Waals surface area contributed by atoms with E-state index in [0.29, 0.717) is 6.54 Å². The van der Waals surface area contributed by atoms with E-state index in [0.717, 1.165) is 22.3 Å². The Balaban J connectivity index is 2.35. The highest BCUT2D eigenvalue weighted by Crippen LogP contribution is 2.30. The molecule has 0 saturated carbocycles. The number of aryl methyl sites for hydroxylation is 3. The van der Waals surface area contributed by atoms with E-state index in [9.17, 15) is 0 Å². The minimum atomic E-state index is 0.640. The molecule has 6 heteroatoms. The summed E-state index contributed by atoms with van der Waals surface area (Å²) < 4.78 is 3.90. The first kappa shape index (κ1) is 12.2. The van der Waals surface area contributed by atoms with E-state index < -0.39 is 0 Å². The highest BCUT2D eigenvalue weighted by Gasteiger charge is 2.15. The van der Waals surface area contributed by atoms with Crippen LogP contribution in [0.5, 0.6) is 0 Å². The molecule has 0 atom stereocenters. The molecule has 0 unspecified atom stereocenters. The van der Waals surface area contributed by atoms with Gasteiger partial charge in [0.2, 0.25) is 0 Å². The van der Waals surface area contributed by atoms with Crippen molar-refractivity contribution in [2.24, 2.45) is 19.8 Å². The Morgan fingerprint density at radius 3 is 2.76 bits per heavy atom. The molecule has 2 aromatic heterocycles. The molecule has 0 aliphatic rings. The lowest BCUT2D eigenvalue weighted by molar-refractivity contribution is 0.684. The van der Waals surface area contributed by atoms with E-state index in [4.69, 9.17) is 5.73 Å². The predicted octanol–water partition coefficient (Wildman–Crippen LogP) is 1.11. The number of aromatic nitrogens is 4. The lowest BCUT2D eigenvalue weighted by atomic mass is 10.2. The van der Waals surface area contributed by atoms with Crippen molar-refractivity contribution >= 4 is 11.8 Å². The first-order valence-corrected chi connectivity index (χ1v) is 6.33. The molecule has 0 spiro atoms. The molecule has 0 fully saturated rings. The van der Waals surface area contributed by atoms with Gasteiger partial charge in [-0.2, -0.15) is 5.10 Å². The summed E-state index contributed by atoms with van der Waals surface area (Å²) in [5.74, 6) is 0. The first-order chi connectivity index (χ1) is 8.13. The summed E-state index contributed by atoms with van der Waals surface area (Å²) in [6.45, 7) is 2.66. The maximum Gasteiger partial charge on any atom is 0.174 e. The molecular weight excluding hydrogens is 234 g/mol. The Labute approximate surface area is 105 Å². The van der Waals surface area contributed by atoms with Crippen molar-refractivity contribution < 1.29 is 0 Å². The fourth-order valence-corrected chi connectivity index (χ4v) is 2.81. The van der Waals surface area contributed by atoms with Crippen LogP contribution < -0.4 is 5.73 Å². The predicted molar refractivity (Wildman–Crippen MR) is 68.0 cm³/mol. The number of hydrogen-bond acceptors (Lipinski definition) is 4. The summed E-state index contributed by atoms with van der Waals surface area (Å²) in [4.78, 5) is 4.32. The zero-order valence-electron chi connectivity index (χ0n) is 10.3. The SMILES string of the molecule is Cc1nn(C)c(Sc2nccn2C)c1CCN. The largest absolute Gasteiger partial charge is 0.330 e. The fraction of sp³-hybridized carbons (Fsp3) is 0.455. The van der Waals surface area contributed by atoms with Gasteiger partial charge in [0.25, 0.3) is 0 Å². The van der Waals surface area contributed by atoms with Crippen LogP contribution in [0.1, 0.15) is 11.3 Å². The van der Waals surface area contributed by atoms with Crippen LogP contribution in [0.15, 0.2) is 22.6 Å². The fourth-order valence-electron chi connectivity index (χ4n) is 1.78. The molecule has 2 rings (SSSR count). The van der Waals surface area contributed by atoms with Gasteiger partial charge < -0.3 is 10.3 Å². The molecule has 0 aliphatic heterocycles. The van der Waals surface area contributed by atoms with Gasteiger partial charge in [-0.1, -0.05) is 0 Å². The third-order valence-electron chi connectivity index (χ3n) is 2.65. The van der Waals surface area contributed by atoms with Gasteiger partial charge >= 0.3 is 0 Å². The lowest BCUT2D eigenvalue weighted by Crippen LogP contribution is -2.04. The quantitative estimate of drug-likeness (QED) is 0.884. The maximum atomic E-state index is 5.64. The van der Waals surface area contributed by atoms with E-state index >= 15 is 0 Å². The second-order valence-corrected chi connectivity index (χ2v) is 4.91. The average Bonchev–Trinajstić information content (AvgIpc) is 2.78. The second-order valence-electron chi connectivity index (χ2n) is 3.95. The van der Waals surface area contributed by atoms with E-state index in [1.807, 2.05) is 36.5 Å². The van der Waals surface area contributed by atoms with E-state index in [1.54, 1.807) is 18.0 Å². The Morgan fingerprint density at radius 2 is 2.18 bits per heavy atom. The Hall–Kier alpha value is -1.27. The van der Waals surface area contributed by atoms with E-state index in [-0.39, 0.29) is 0 Å². The molecule has 2 aromatic rings. The third kappa shape index (κ3) is 2.37. The average molecular weight is 251 g/mol. The summed E-state index contributed by atoms with van der Waals surface area (Å²) in [7, 11) is 3.94. The van der Waals surface area contributed by atoms with Crippen LogP contribution >= 0.6 is 11.8 Å².